The van der Waals surface area contributed by atoms with Crippen molar-refractivity contribution in [2.45, 2.75) is 32.2 Å². The van der Waals surface area contributed by atoms with Crippen molar-refractivity contribution in [3.05, 3.63) is 45.7 Å². The van der Waals surface area contributed by atoms with Crippen LogP contribution in [0.1, 0.15) is 35.7 Å². The van der Waals surface area contributed by atoms with Gasteiger partial charge in [0.25, 0.3) is 0 Å². The number of rotatable bonds is 3. The molecule has 0 spiro atoms. The van der Waals surface area contributed by atoms with E-state index in [2.05, 4.69) is 56.9 Å². The Kier molecular flexibility index (Phi) is 2.99. The maximum atomic E-state index is 5.71. The Morgan fingerprint density at radius 1 is 1.39 bits per heavy atom. The topological polar surface area (TPSA) is 43.8 Å². The molecule has 1 aromatic heterocycles. The van der Waals surface area contributed by atoms with Gasteiger partial charge < -0.3 is 5.73 Å². The van der Waals surface area contributed by atoms with Crippen LogP contribution >= 0.6 is 15.9 Å². The Hall–Kier alpha value is -1.13. The number of benzene rings is 1. The van der Waals surface area contributed by atoms with E-state index in [-0.39, 0.29) is 0 Å². The van der Waals surface area contributed by atoms with Crippen LogP contribution in [0.3, 0.4) is 0 Å². The molecular weight excluding hydrogens is 290 g/mol. The quantitative estimate of drug-likeness (QED) is 0.945. The fourth-order valence-electron chi connectivity index (χ4n) is 2.27. The van der Waals surface area contributed by atoms with E-state index in [9.17, 15) is 0 Å². The van der Waals surface area contributed by atoms with E-state index in [1.165, 1.54) is 24.1 Å². The summed E-state index contributed by atoms with van der Waals surface area (Å²) in [6, 6.07) is 8.44. The zero-order chi connectivity index (χ0) is 12.7. The molecule has 1 aliphatic carbocycles. The molecule has 0 saturated heterocycles. The number of hydrogen-bond donors (Lipinski definition) is 1. The zero-order valence-corrected chi connectivity index (χ0v) is 11.9. The lowest BCUT2D eigenvalue weighted by Gasteiger charge is -2.10. The van der Waals surface area contributed by atoms with Gasteiger partial charge in [-0.25, -0.2) is 4.68 Å². The first kappa shape index (κ1) is 11.9. The van der Waals surface area contributed by atoms with Gasteiger partial charge in [0.05, 0.1) is 11.4 Å². The molecular formula is C14H16BrN3. The van der Waals surface area contributed by atoms with E-state index < -0.39 is 0 Å². The van der Waals surface area contributed by atoms with Gasteiger partial charge in [0.15, 0.2) is 0 Å². The van der Waals surface area contributed by atoms with Gasteiger partial charge in [0.1, 0.15) is 0 Å². The first-order chi connectivity index (χ1) is 8.69. The minimum absolute atomic E-state index is 0.502. The van der Waals surface area contributed by atoms with Crippen molar-refractivity contribution in [3.63, 3.8) is 0 Å². The van der Waals surface area contributed by atoms with Crippen LogP contribution < -0.4 is 5.73 Å². The molecule has 0 radical (unpaired) electrons. The van der Waals surface area contributed by atoms with Crippen LogP contribution in [0.15, 0.2) is 28.7 Å². The molecule has 0 bridgehead atoms. The number of aromatic nitrogens is 2. The second-order valence-corrected chi connectivity index (χ2v) is 5.80. The molecule has 0 unspecified atom stereocenters. The molecule has 1 heterocycles. The number of hydrogen-bond acceptors (Lipinski definition) is 2. The molecule has 94 valence electrons. The SMILES string of the molecule is Cc1cc(Br)ccc1-n1nc(CN)cc1C1CC1. The summed E-state index contributed by atoms with van der Waals surface area (Å²) in [6.07, 6.45) is 2.54. The van der Waals surface area contributed by atoms with Crippen molar-refractivity contribution in [3.8, 4) is 5.69 Å². The molecule has 3 rings (SSSR count). The van der Waals surface area contributed by atoms with Crippen LogP contribution in [0.5, 0.6) is 0 Å². The van der Waals surface area contributed by atoms with Crippen LogP contribution in [-0.2, 0) is 6.54 Å². The van der Waals surface area contributed by atoms with Crippen LogP contribution in [-0.4, -0.2) is 9.78 Å². The third-order valence-electron chi connectivity index (χ3n) is 3.38. The molecule has 2 aromatic rings. The zero-order valence-electron chi connectivity index (χ0n) is 10.4. The largest absolute Gasteiger partial charge is 0.325 e. The lowest BCUT2D eigenvalue weighted by molar-refractivity contribution is 0.781. The first-order valence-corrected chi connectivity index (χ1v) is 7.04. The smallest absolute Gasteiger partial charge is 0.0767 e. The maximum Gasteiger partial charge on any atom is 0.0767 e. The van der Waals surface area contributed by atoms with Crippen molar-refractivity contribution >= 4 is 15.9 Å². The van der Waals surface area contributed by atoms with Crippen molar-refractivity contribution in [2.75, 3.05) is 0 Å². The monoisotopic (exact) mass is 305 g/mol. The summed E-state index contributed by atoms with van der Waals surface area (Å²) in [5.41, 5.74) is 10.4. The standard InChI is InChI=1S/C14H16BrN3/c1-9-6-11(15)4-5-13(9)18-14(10-2-3-10)7-12(8-16)17-18/h4-7,10H,2-3,8,16H2,1H3. The Balaban J connectivity index is 2.12. The molecule has 1 aliphatic rings. The molecule has 2 N–H and O–H groups in total. The number of halogens is 1. The van der Waals surface area contributed by atoms with Gasteiger partial charge in [0, 0.05) is 22.6 Å². The third kappa shape index (κ3) is 2.10. The highest BCUT2D eigenvalue weighted by Crippen LogP contribution is 2.41. The summed E-state index contributed by atoms with van der Waals surface area (Å²) < 4.78 is 3.17. The lowest BCUT2D eigenvalue weighted by Crippen LogP contribution is -2.04. The second-order valence-electron chi connectivity index (χ2n) is 4.88. The predicted molar refractivity (Wildman–Crippen MR) is 75.9 cm³/mol. The summed E-state index contributed by atoms with van der Waals surface area (Å²) >= 11 is 3.50. The van der Waals surface area contributed by atoms with Crippen molar-refractivity contribution < 1.29 is 0 Å². The average Bonchev–Trinajstić information content (AvgIpc) is 3.10. The summed E-state index contributed by atoms with van der Waals surface area (Å²) in [4.78, 5) is 0. The predicted octanol–water partition coefficient (Wildman–Crippen LogP) is 3.28. The first-order valence-electron chi connectivity index (χ1n) is 6.24. The van der Waals surface area contributed by atoms with Crippen molar-refractivity contribution in [1.82, 2.24) is 9.78 Å². The van der Waals surface area contributed by atoms with Gasteiger partial charge in [-0.05, 0) is 49.6 Å². The lowest BCUT2D eigenvalue weighted by atomic mass is 10.2. The minimum Gasteiger partial charge on any atom is -0.325 e. The summed E-state index contributed by atoms with van der Waals surface area (Å²) in [5, 5.41) is 4.63. The Morgan fingerprint density at radius 2 is 2.17 bits per heavy atom. The van der Waals surface area contributed by atoms with E-state index in [4.69, 9.17) is 5.73 Å². The molecule has 1 aromatic carbocycles. The highest BCUT2D eigenvalue weighted by atomic mass is 79.9. The molecule has 0 aliphatic heterocycles. The van der Waals surface area contributed by atoms with E-state index in [0.29, 0.717) is 12.5 Å². The highest BCUT2D eigenvalue weighted by Gasteiger charge is 2.28. The van der Waals surface area contributed by atoms with Crippen LogP contribution in [0, 0.1) is 6.92 Å². The van der Waals surface area contributed by atoms with Gasteiger partial charge in [-0.3, -0.25) is 0 Å². The Labute approximate surface area is 115 Å². The van der Waals surface area contributed by atoms with Gasteiger partial charge >= 0.3 is 0 Å². The van der Waals surface area contributed by atoms with E-state index in [1.54, 1.807) is 0 Å². The van der Waals surface area contributed by atoms with Crippen LogP contribution in [0.2, 0.25) is 0 Å². The second kappa shape index (κ2) is 4.52. The normalized spacial score (nSPS) is 15.1. The van der Waals surface area contributed by atoms with E-state index in [1.807, 2.05) is 0 Å². The fraction of sp³-hybridized carbons (Fsp3) is 0.357. The summed E-state index contributed by atoms with van der Waals surface area (Å²) in [7, 11) is 0. The third-order valence-corrected chi connectivity index (χ3v) is 3.87. The maximum absolute atomic E-state index is 5.71. The average molecular weight is 306 g/mol. The Morgan fingerprint density at radius 3 is 2.78 bits per heavy atom. The van der Waals surface area contributed by atoms with Gasteiger partial charge in [-0.2, -0.15) is 5.10 Å². The van der Waals surface area contributed by atoms with Crippen LogP contribution in [0.4, 0.5) is 0 Å². The van der Waals surface area contributed by atoms with Gasteiger partial charge in [0.2, 0.25) is 0 Å². The summed E-state index contributed by atoms with van der Waals surface area (Å²) in [6.45, 7) is 2.61. The number of nitrogens with zero attached hydrogens (tertiary/aromatic N) is 2. The molecule has 0 atom stereocenters. The van der Waals surface area contributed by atoms with E-state index >= 15 is 0 Å². The summed E-state index contributed by atoms with van der Waals surface area (Å²) in [5.74, 6) is 0.667. The molecule has 4 heteroatoms. The molecule has 3 nitrogen and oxygen atoms in total. The van der Waals surface area contributed by atoms with E-state index in [0.717, 1.165) is 15.9 Å². The van der Waals surface area contributed by atoms with Gasteiger partial charge in [-0.15, -0.1) is 0 Å². The van der Waals surface area contributed by atoms with Gasteiger partial charge in [-0.1, -0.05) is 15.9 Å². The van der Waals surface area contributed by atoms with Crippen LogP contribution in [0.25, 0.3) is 5.69 Å². The van der Waals surface area contributed by atoms with Crippen molar-refractivity contribution in [1.29, 1.82) is 0 Å². The molecule has 0 amide bonds. The number of nitrogens with two attached hydrogens (primary N) is 1. The molecule has 18 heavy (non-hydrogen) atoms. The molecule has 1 fully saturated rings. The number of aryl methyl sites for hydroxylation is 1. The van der Waals surface area contributed by atoms with Crippen molar-refractivity contribution in [2.24, 2.45) is 5.73 Å². The highest BCUT2D eigenvalue weighted by molar-refractivity contribution is 9.10. The fourth-order valence-corrected chi connectivity index (χ4v) is 2.74. The minimum atomic E-state index is 0.502. The Bertz CT molecular complexity index is 585. The molecule has 1 saturated carbocycles.